The number of carbonyl (C=O) groups excluding carboxylic acids is 1. The highest BCUT2D eigenvalue weighted by Crippen LogP contribution is 2.22. The SMILES string of the molecule is O=C(CN1CCC(CCO)CC1)C(F)(F)F. The first-order valence-electron chi connectivity index (χ1n) is 5.36. The molecule has 0 amide bonds. The molecule has 1 saturated heterocycles. The van der Waals surface area contributed by atoms with Crippen molar-refractivity contribution < 1.29 is 23.1 Å². The summed E-state index contributed by atoms with van der Waals surface area (Å²) in [7, 11) is 0. The molecule has 0 bridgehead atoms. The number of carbonyl (C=O) groups is 1. The number of hydrogen-bond donors (Lipinski definition) is 1. The number of aliphatic hydroxyl groups is 1. The number of rotatable bonds is 4. The summed E-state index contributed by atoms with van der Waals surface area (Å²) in [6.45, 7) is 0.598. The molecule has 1 aliphatic heterocycles. The van der Waals surface area contributed by atoms with Crippen LogP contribution < -0.4 is 0 Å². The average molecular weight is 239 g/mol. The summed E-state index contributed by atoms with van der Waals surface area (Å²) in [5.41, 5.74) is 0. The molecular weight excluding hydrogens is 223 g/mol. The molecule has 0 aromatic rings. The van der Waals surface area contributed by atoms with Crippen LogP contribution in [-0.2, 0) is 4.79 Å². The molecule has 0 saturated carbocycles. The lowest BCUT2D eigenvalue weighted by Crippen LogP contribution is -2.41. The Kier molecular flexibility index (Phi) is 4.73. The van der Waals surface area contributed by atoms with Gasteiger partial charge in [0, 0.05) is 6.61 Å². The van der Waals surface area contributed by atoms with Crippen molar-refractivity contribution in [2.45, 2.75) is 25.4 Å². The summed E-state index contributed by atoms with van der Waals surface area (Å²) in [5.74, 6) is -1.30. The van der Waals surface area contributed by atoms with E-state index in [-0.39, 0.29) is 6.61 Å². The van der Waals surface area contributed by atoms with Gasteiger partial charge in [-0.15, -0.1) is 0 Å². The Morgan fingerprint density at radius 2 is 1.88 bits per heavy atom. The first-order chi connectivity index (χ1) is 7.43. The van der Waals surface area contributed by atoms with Gasteiger partial charge in [-0.1, -0.05) is 0 Å². The van der Waals surface area contributed by atoms with E-state index in [2.05, 4.69) is 0 Å². The Hall–Kier alpha value is -0.620. The van der Waals surface area contributed by atoms with Gasteiger partial charge in [0.25, 0.3) is 0 Å². The average Bonchev–Trinajstić information content (AvgIpc) is 2.20. The first kappa shape index (κ1) is 13.4. The van der Waals surface area contributed by atoms with Crippen LogP contribution in [0.15, 0.2) is 0 Å². The third-order valence-electron chi connectivity index (χ3n) is 2.93. The van der Waals surface area contributed by atoms with Crippen LogP contribution in [0, 0.1) is 5.92 Å². The summed E-state index contributed by atoms with van der Waals surface area (Å²) in [4.78, 5) is 12.3. The lowest BCUT2D eigenvalue weighted by Gasteiger charge is -2.31. The maximum Gasteiger partial charge on any atom is 0.451 e. The van der Waals surface area contributed by atoms with E-state index in [1.165, 1.54) is 4.90 Å². The van der Waals surface area contributed by atoms with Gasteiger partial charge in [-0.3, -0.25) is 9.69 Å². The predicted octanol–water partition coefficient (Wildman–Crippen LogP) is 1.21. The molecule has 3 nitrogen and oxygen atoms in total. The number of halogens is 3. The predicted molar refractivity (Wildman–Crippen MR) is 51.9 cm³/mol. The minimum Gasteiger partial charge on any atom is -0.396 e. The Labute approximate surface area is 92.2 Å². The van der Waals surface area contributed by atoms with Gasteiger partial charge in [0.05, 0.1) is 6.54 Å². The fourth-order valence-corrected chi connectivity index (χ4v) is 1.91. The second-order valence-corrected chi connectivity index (χ2v) is 4.15. The molecular formula is C10H16F3NO2. The Bertz CT molecular complexity index is 235. The molecule has 0 spiro atoms. The summed E-state index contributed by atoms with van der Waals surface area (Å²) >= 11 is 0. The van der Waals surface area contributed by atoms with E-state index >= 15 is 0 Å². The number of Topliss-reactive ketones (excluding diaryl/α,β-unsaturated/α-hetero) is 1. The summed E-state index contributed by atoms with van der Waals surface area (Å²) < 4.78 is 36.0. The van der Waals surface area contributed by atoms with Gasteiger partial charge >= 0.3 is 6.18 Å². The van der Waals surface area contributed by atoms with Crippen LogP contribution in [0.25, 0.3) is 0 Å². The highest BCUT2D eigenvalue weighted by atomic mass is 19.4. The molecule has 1 N–H and O–H groups in total. The van der Waals surface area contributed by atoms with E-state index in [1.54, 1.807) is 0 Å². The molecule has 1 fully saturated rings. The number of piperidine rings is 1. The molecule has 0 aromatic carbocycles. The molecule has 0 aromatic heterocycles. The smallest absolute Gasteiger partial charge is 0.396 e. The van der Waals surface area contributed by atoms with Gasteiger partial charge in [0.1, 0.15) is 0 Å². The summed E-state index contributed by atoms with van der Waals surface area (Å²) in [6.07, 6.45) is -2.51. The standard InChI is InChI=1S/C10H16F3NO2/c11-10(12,13)9(16)7-14-4-1-8(2-5-14)3-6-15/h8,15H,1-7H2. The Morgan fingerprint density at radius 1 is 1.31 bits per heavy atom. The van der Waals surface area contributed by atoms with Crippen LogP contribution in [0.1, 0.15) is 19.3 Å². The van der Waals surface area contributed by atoms with E-state index in [9.17, 15) is 18.0 Å². The van der Waals surface area contributed by atoms with Crippen molar-refractivity contribution in [2.75, 3.05) is 26.2 Å². The van der Waals surface area contributed by atoms with Crippen LogP contribution in [0.5, 0.6) is 0 Å². The van der Waals surface area contributed by atoms with Crippen LogP contribution in [0.3, 0.4) is 0 Å². The van der Waals surface area contributed by atoms with Crippen LogP contribution >= 0.6 is 0 Å². The fraction of sp³-hybridized carbons (Fsp3) is 0.900. The molecule has 6 heteroatoms. The zero-order valence-electron chi connectivity index (χ0n) is 8.96. The fourth-order valence-electron chi connectivity index (χ4n) is 1.91. The lowest BCUT2D eigenvalue weighted by atomic mass is 9.94. The number of ketones is 1. The second kappa shape index (κ2) is 5.63. The van der Waals surface area contributed by atoms with Crippen molar-refractivity contribution in [3.8, 4) is 0 Å². The third kappa shape index (κ3) is 4.09. The highest BCUT2D eigenvalue weighted by molar-refractivity contribution is 5.85. The number of likely N-dealkylation sites (tertiary alicyclic amines) is 1. The number of aliphatic hydroxyl groups excluding tert-OH is 1. The first-order valence-corrected chi connectivity index (χ1v) is 5.36. The number of nitrogens with zero attached hydrogens (tertiary/aromatic N) is 1. The molecule has 1 rings (SSSR count). The minimum atomic E-state index is -4.72. The molecule has 0 aliphatic carbocycles. The normalized spacial score (nSPS) is 20.0. The summed E-state index contributed by atoms with van der Waals surface area (Å²) in [5, 5.41) is 8.72. The molecule has 1 aliphatic rings. The Morgan fingerprint density at radius 3 is 2.31 bits per heavy atom. The zero-order chi connectivity index (χ0) is 12.2. The largest absolute Gasteiger partial charge is 0.451 e. The van der Waals surface area contributed by atoms with Gasteiger partial charge in [-0.25, -0.2) is 0 Å². The molecule has 0 unspecified atom stereocenters. The summed E-state index contributed by atoms with van der Waals surface area (Å²) in [6, 6.07) is 0. The Balaban J connectivity index is 2.30. The van der Waals surface area contributed by atoms with E-state index in [1.807, 2.05) is 0 Å². The van der Waals surface area contributed by atoms with Crippen molar-refractivity contribution in [3.05, 3.63) is 0 Å². The van der Waals surface area contributed by atoms with Crippen molar-refractivity contribution in [1.29, 1.82) is 0 Å². The van der Waals surface area contributed by atoms with Crippen molar-refractivity contribution in [2.24, 2.45) is 5.92 Å². The quantitative estimate of drug-likeness (QED) is 0.801. The maximum atomic E-state index is 12.0. The lowest BCUT2D eigenvalue weighted by molar-refractivity contribution is -0.172. The number of hydrogen-bond acceptors (Lipinski definition) is 3. The molecule has 0 radical (unpaired) electrons. The van der Waals surface area contributed by atoms with Gasteiger partial charge in [0.2, 0.25) is 5.78 Å². The van der Waals surface area contributed by atoms with Crippen LogP contribution in [0.4, 0.5) is 13.2 Å². The van der Waals surface area contributed by atoms with Crippen LogP contribution in [-0.4, -0.2) is 48.2 Å². The molecule has 16 heavy (non-hydrogen) atoms. The topological polar surface area (TPSA) is 40.5 Å². The van der Waals surface area contributed by atoms with Crippen molar-refractivity contribution >= 4 is 5.78 Å². The minimum absolute atomic E-state index is 0.117. The number of alkyl halides is 3. The van der Waals surface area contributed by atoms with Crippen LogP contribution in [0.2, 0.25) is 0 Å². The van der Waals surface area contributed by atoms with Gasteiger partial charge < -0.3 is 5.11 Å². The molecule has 1 heterocycles. The molecule has 0 atom stereocenters. The maximum absolute atomic E-state index is 12.0. The van der Waals surface area contributed by atoms with Gasteiger partial charge in [0.15, 0.2) is 0 Å². The highest BCUT2D eigenvalue weighted by Gasteiger charge is 2.39. The van der Waals surface area contributed by atoms with E-state index in [0.29, 0.717) is 25.4 Å². The zero-order valence-corrected chi connectivity index (χ0v) is 8.96. The van der Waals surface area contributed by atoms with E-state index in [0.717, 1.165) is 12.8 Å². The van der Waals surface area contributed by atoms with Crippen molar-refractivity contribution in [3.63, 3.8) is 0 Å². The van der Waals surface area contributed by atoms with E-state index in [4.69, 9.17) is 5.11 Å². The molecule has 94 valence electrons. The van der Waals surface area contributed by atoms with Gasteiger partial charge in [-0.2, -0.15) is 13.2 Å². The second-order valence-electron chi connectivity index (χ2n) is 4.15. The van der Waals surface area contributed by atoms with E-state index < -0.39 is 18.5 Å². The van der Waals surface area contributed by atoms with Crippen molar-refractivity contribution in [1.82, 2.24) is 4.90 Å². The monoisotopic (exact) mass is 239 g/mol. The van der Waals surface area contributed by atoms with Gasteiger partial charge in [-0.05, 0) is 38.3 Å². The third-order valence-corrected chi connectivity index (χ3v) is 2.93.